The number of para-hydroxylation sites is 1. The van der Waals surface area contributed by atoms with Gasteiger partial charge in [-0.1, -0.05) is 48.0 Å². The molecule has 0 atom stereocenters. The maximum Gasteiger partial charge on any atom is 0.293 e. The van der Waals surface area contributed by atoms with Crippen molar-refractivity contribution in [2.45, 2.75) is 27.0 Å². The molecule has 1 aliphatic heterocycles. The molecular weight excluding hydrogens is 480 g/mol. The fourth-order valence-corrected chi connectivity index (χ4v) is 4.47. The summed E-state index contributed by atoms with van der Waals surface area (Å²) >= 11 is 0.897. The van der Waals surface area contributed by atoms with Crippen molar-refractivity contribution in [2.24, 2.45) is 0 Å². The Labute approximate surface area is 212 Å². The number of nitro benzene ring substituents is 1. The molecule has 184 valence electrons. The van der Waals surface area contributed by atoms with Crippen LogP contribution in [0, 0.1) is 17.0 Å². The van der Waals surface area contributed by atoms with Crippen LogP contribution in [0.1, 0.15) is 29.2 Å². The molecule has 0 aliphatic carbocycles. The summed E-state index contributed by atoms with van der Waals surface area (Å²) in [4.78, 5) is 37.8. The summed E-state index contributed by atoms with van der Waals surface area (Å²) in [5.74, 6) is 0.503. The van der Waals surface area contributed by atoms with Gasteiger partial charge in [0, 0.05) is 6.07 Å². The summed E-state index contributed by atoms with van der Waals surface area (Å²) in [5, 5.41) is 10.9. The number of aryl methyl sites for hydroxylation is 1. The van der Waals surface area contributed by atoms with Gasteiger partial charge in [0.05, 0.1) is 28.5 Å². The first-order valence-corrected chi connectivity index (χ1v) is 12.1. The molecule has 3 aromatic rings. The third kappa shape index (κ3) is 5.75. The second-order valence-corrected chi connectivity index (χ2v) is 9.06. The van der Waals surface area contributed by atoms with Gasteiger partial charge in [0.2, 0.25) is 0 Å². The Kier molecular flexibility index (Phi) is 7.70. The van der Waals surface area contributed by atoms with Crippen molar-refractivity contribution in [3.8, 4) is 11.5 Å². The fraction of sp³-hybridized carbons (Fsp3) is 0.185. The van der Waals surface area contributed by atoms with Gasteiger partial charge in [-0.05, 0) is 61.0 Å². The molecule has 0 N–H and O–H groups in total. The zero-order valence-corrected chi connectivity index (χ0v) is 20.6. The van der Waals surface area contributed by atoms with Crippen LogP contribution in [-0.2, 0) is 17.9 Å². The highest BCUT2D eigenvalue weighted by molar-refractivity contribution is 8.18. The topological polar surface area (TPSA) is 99.0 Å². The van der Waals surface area contributed by atoms with Crippen LogP contribution >= 0.6 is 11.8 Å². The lowest BCUT2D eigenvalue weighted by Gasteiger charge is -2.13. The third-order valence-electron chi connectivity index (χ3n) is 5.47. The van der Waals surface area contributed by atoms with Crippen LogP contribution in [0.2, 0.25) is 0 Å². The molecule has 2 amide bonds. The maximum absolute atomic E-state index is 12.9. The highest BCUT2D eigenvalue weighted by Gasteiger charge is 2.35. The molecule has 3 aromatic carbocycles. The van der Waals surface area contributed by atoms with Crippen LogP contribution in [0.3, 0.4) is 0 Å². The van der Waals surface area contributed by atoms with Crippen molar-refractivity contribution in [3.63, 3.8) is 0 Å². The number of thioether (sulfide) groups is 1. The van der Waals surface area contributed by atoms with Gasteiger partial charge in [-0.15, -0.1) is 0 Å². The summed E-state index contributed by atoms with van der Waals surface area (Å²) in [7, 11) is 0. The molecule has 0 radical (unpaired) electrons. The molecular formula is C27H24N2O6S. The molecule has 36 heavy (non-hydrogen) atoms. The van der Waals surface area contributed by atoms with Crippen molar-refractivity contribution in [1.29, 1.82) is 0 Å². The number of nitro groups is 1. The van der Waals surface area contributed by atoms with Crippen LogP contribution in [0.15, 0.2) is 71.6 Å². The molecule has 0 saturated carbocycles. The van der Waals surface area contributed by atoms with E-state index in [0.29, 0.717) is 34.1 Å². The van der Waals surface area contributed by atoms with E-state index in [0.717, 1.165) is 22.9 Å². The van der Waals surface area contributed by atoms with E-state index in [1.54, 1.807) is 42.5 Å². The molecule has 4 rings (SSSR count). The van der Waals surface area contributed by atoms with Crippen molar-refractivity contribution in [2.75, 3.05) is 6.61 Å². The molecule has 1 fully saturated rings. The smallest absolute Gasteiger partial charge is 0.293 e. The molecule has 0 aromatic heterocycles. The van der Waals surface area contributed by atoms with E-state index in [1.807, 2.05) is 38.1 Å². The number of carbonyl (C=O) groups is 2. The molecule has 0 bridgehead atoms. The van der Waals surface area contributed by atoms with E-state index in [4.69, 9.17) is 9.47 Å². The summed E-state index contributed by atoms with van der Waals surface area (Å²) in [6, 6.07) is 19.2. The Morgan fingerprint density at radius 2 is 1.75 bits per heavy atom. The van der Waals surface area contributed by atoms with Gasteiger partial charge >= 0.3 is 0 Å². The zero-order chi connectivity index (χ0) is 25.7. The number of hydrogen-bond donors (Lipinski definition) is 0. The van der Waals surface area contributed by atoms with E-state index in [9.17, 15) is 19.7 Å². The molecule has 1 saturated heterocycles. The highest BCUT2D eigenvalue weighted by Crippen LogP contribution is 2.36. The number of carbonyl (C=O) groups excluding carboxylic acids is 2. The quantitative estimate of drug-likeness (QED) is 0.197. The lowest BCUT2D eigenvalue weighted by atomic mass is 10.1. The van der Waals surface area contributed by atoms with Gasteiger partial charge in [0.15, 0.2) is 11.5 Å². The summed E-state index contributed by atoms with van der Waals surface area (Å²) in [6.07, 6.45) is 1.65. The van der Waals surface area contributed by atoms with E-state index >= 15 is 0 Å². The van der Waals surface area contributed by atoms with Crippen LogP contribution in [-0.4, -0.2) is 27.6 Å². The average molecular weight is 505 g/mol. The molecule has 0 unspecified atom stereocenters. The van der Waals surface area contributed by atoms with Gasteiger partial charge < -0.3 is 9.47 Å². The maximum atomic E-state index is 12.9. The summed E-state index contributed by atoms with van der Waals surface area (Å²) < 4.78 is 11.5. The molecule has 1 aliphatic rings. The summed E-state index contributed by atoms with van der Waals surface area (Å²) in [5.41, 5.74) is 3.07. The van der Waals surface area contributed by atoms with E-state index in [-0.39, 0.29) is 30.0 Å². The largest absolute Gasteiger partial charge is 0.490 e. The number of hydrogen-bond acceptors (Lipinski definition) is 7. The minimum Gasteiger partial charge on any atom is -0.490 e. The Morgan fingerprint density at radius 1 is 1.00 bits per heavy atom. The van der Waals surface area contributed by atoms with Crippen LogP contribution in [0.25, 0.3) is 6.08 Å². The van der Waals surface area contributed by atoms with Gasteiger partial charge in [0.25, 0.3) is 16.8 Å². The Morgan fingerprint density at radius 3 is 2.47 bits per heavy atom. The number of nitrogens with zero attached hydrogens (tertiary/aromatic N) is 2. The van der Waals surface area contributed by atoms with Crippen molar-refractivity contribution < 1.29 is 24.0 Å². The van der Waals surface area contributed by atoms with Gasteiger partial charge in [-0.25, -0.2) is 0 Å². The monoisotopic (exact) mass is 504 g/mol. The standard InChI is InChI=1S/C27H24N2O6S/c1-3-34-24-14-20(12-13-23(24)35-17-21-6-4-5-7-22(21)29(32)33)15-25-26(30)28(27(31)36-25)16-19-10-8-18(2)9-11-19/h4-15H,3,16-17H2,1-2H3/b25-15-. The normalized spacial score (nSPS) is 14.4. The zero-order valence-electron chi connectivity index (χ0n) is 19.8. The average Bonchev–Trinajstić information content (AvgIpc) is 3.12. The Balaban J connectivity index is 1.51. The van der Waals surface area contributed by atoms with Gasteiger partial charge in [0.1, 0.15) is 6.61 Å². The van der Waals surface area contributed by atoms with E-state index in [1.165, 1.54) is 11.0 Å². The second-order valence-electron chi connectivity index (χ2n) is 8.07. The second kappa shape index (κ2) is 11.1. The lowest BCUT2D eigenvalue weighted by Crippen LogP contribution is -2.27. The lowest BCUT2D eigenvalue weighted by molar-refractivity contribution is -0.385. The minimum absolute atomic E-state index is 0.00548. The summed E-state index contributed by atoms with van der Waals surface area (Å²) in [6.45, 7) is 4.39. The molecule has 8 nitrogen and oxygen atoms in total. The van der Waals surface area contributed by atoms with Crippen LogP contribution < -0.4 is 9.47 Å². The number of amides is 2. The third-order valence-corrected chi connectivity index (χ3v) is 6.38. The van der Waals surface area contributed by atoms with Gasteiger partial charge in [-0.3, -0.25) is 24.6 Å². The first-order valence-electron chi connectivity index (χ1n) is 11.3. The van der Waals surface area contributed by atoms with Crippen molar-refractivity contribution in [3.05, 3.63) is 104 Å². The van der Waals surface area contributed by atoms with Crippen LogP contribution in [0.5, 0.6) is 11.5 Å². The fourth-order valence-electron chi connectivity index (χ4n) is 3.63. The first kappa shape index (κ1) is 25.0. The van der Waals surface area contributed by atoms with Crippen LogP contribution in [0.4, 0.5) is 10.5 Å². The molecule has 1 heterocycles. The SMILES string of the molecule is CCOc1cc(/C=C2\SC(=O)N(Cc3ccc(C)cc3)C2=O)ccc1OCc1ccccc1[N+](=O)[O-]. The molecule has 9 heteroatoms. The minimum atomic E-state index is -0.447. The Hall–Kier alpha value is -4.11. The molecule has 0 spiro atoms. The number of imide groups is 1. The predicted molar refractivity (Wildman–Crippen MR) is 138 cm³/mol. The first-order chi connectivity index (χ1) is 17.4. The number of ether oxygens (including phenoxy) is 2. The van der Waals surface area contributed by atoms with Crippen molar-refractivity contribution >= 4 is 34.7 Å². The predicted octanol–water partition coefficient (Wildman–Crippen LogP) is 6.12. The number of benzene rings is 3. The van der Waals surface area contributed by atoms with E-state index in [2.05, 4.69) is 0 Å². The highest BCUT2D eigenvalue weighted by atomic mass is 32.2. The van der Waals surface area contributed by atoms with E-state index < -0.39 is 4.92 Å². The van der Waals surface area contributed by atoms with Crippen molar-refractivity contribution in [1.82, 2.24) is 4.90 Å². The van der Waals surface area contributed by atoms with Gasteiger partial charge in [-0.2, -0.15) is 0 Å². The number of rotatable bonds is 9. The Bertz CT molecular complexity index is 1340.